The van der Waals surface area contributed by atoms with Gasteiger partial charge in [-0.1, -0.05) is 0 Å². The first-order chi connectivity index (χ1) is 10.8. The molecule has 6 heteroatoms. The fraction of sp³-hybridized carbons (Fsp3) is 0.750. The molecule has 0 radical (unpaired) electrons. The van der Waals surface area contributed by atoms with Gasteiger partial charge in [0.1, 0.15) is 0 Å². The van der Waals surface area contributed by atoms with Crippen molar-refractivity contribution in [2.75, 3.05) is 31.7 Å². The Morgan fingerprint density at radius 1 is 1.27 bits per heavy atom. The van der Waals surface area contributed by atoms with Gasteiger partial charge < -0.3 is 9.64 Å². The Bertz CT molecular complexity index is 460. The van der Waals surface area contributed by atoms with Gasteiger partial charge in [0.2, 0.25) is 5.95 Å². The summed E-state index contributed by atoms with van der Waals surface area (Å²) in [4.78, 5) is 15.4. The molecule has 1 saturated heterocycles. The van der Waals surface area contributed by atoms with Crippen LogP contribution in [0.1, 0.15) is 31.2 Å². The second-order valence-corrected chi connectivity index (χ2v) is 6.43. The van der Waals surface area contributed by atoms with Crippen molar-refractivity contribution in [3.05, 3.63) is 18.0 Å². The third kappa shape index (κ3) is 3.74. The molecule has 0 bridgehead atoms. The largest absolute Gasteiger partial charge is 0.380 e. The average molecular weight is 307 g/mol. The Morgan fingerprint density at radius 2 is 2.00 bits per heavy atom. The molecule has 2 fully saturated rings. The van der Waals surface area contributed by atoms with Crippen molar-refractivity contribution in [3.8, 4) is 0 Å². The van der Waals surface area contributed by atoms with E-state index in [0.29, 0.717) is 13.2 Å². The lowest BCUT2D eigenvalue weighted by Gasteiger charge is -2.32. The molecule has 3 rings (SSSR count). The number of hydrogen-bond donors (Lipinski definition) is 1. The van der Waals surface area contributed by atoms with Crippen molar-refractivity contribution in [2.24, 2.45) is 17.8 Å². The topological polar surface area (TPSA) is 67.7 Å². The minimum Gasteiger partial charge on any atom is -0.380 e. The van der Waals surface area contributed by atoms with E-state index in [-0.39, 0.29) is 0 Å². The maximum Gasteiger partial charge on any atom is 0.225 e. The van der Waals surface area contributed by atoms with E-state index in [2.05, 4.69) is 19.8 Å². The van der Waals surface area contributed by atoms with E-state index >= 15 is 0 Å². The fourth-order valence-corrected chi connectivity index (χ4v) is 3.66. The van der Waals surface area contributed by atoms with E-state index in [1.165, 1.54) is 19.3 Å². The van der Waals surface area contributed by atoms with Gasteiger partial charge in [0.05, 0.1) is 13.2 Å². The zero-order chi connectivity index (χ0) is 15.4. The first kappa shape index (κ1) is 15.6. The van der Waals surface area contributed by atoms with Crippen molar-refractivity contribution >= 4 is 5.95 Å². The predicted molar refractivity (Wildman–Crippen MR) is 82.5 cm³/mol. The van der Waals surface area contributed by atoms with Crippen molar-refractivity contribution in [2.45, 2.75) is 32.3 Å². The molecule has 6 nitrogen and oxygen atoms in total. The summed E-state index contributed by atoms with van der Waals surface area (Å²) in [5.74, 6) is 3.24. The number of aromatic nitrogens is 2. The third-order valence-corrected chi connectivity index (χ3v) is 4.99. The Hall–Kier alpha value is -1.24. The molecule has 0 spiro atoms. The highest BCUT2D eigenvalue weighted by atomic mass is 17.1. The van der Waals surface area contributed by atoms with Crippen LogP contribution in [0.15, 0.2) is 12.4 Å². The highest BCUT2D eigenvalue weighted by Crippen LogP contribution is 2.49. The molecule has 2 aliphatic rings. The molecule has 0 amide bonds. The lowest BCUT2D eigenvalue weighted by atomic mass is 9.90. The van der Waals surface area contributed by atoms with Crippen LogP contribution in [-0.2, 0) is 16.2 Å². The minimum absolute atomic E-state index is 0.474. The summed E-state index contributed by atoms with van der Waals surface area (Å²) in [6, 6.07) is 0. The molecule has 1 aliphatic carbocycles. The van der Waals surface area contributed by atoms with Crippen molar-refractivity contribution < 1.29 is 14.9 Å². The standard InChI is InChI=1S/C16H25N3O3/c1-21-11-12-9-17-16(18-10-12)19-5-2-13(3-6-19)15-8-14(15)4-7-22-20/h9-10,13-15,20H,2-8,11H2,1H3/t14-,15-/m1/s1. The van der Waals surface area contributed by atoms with Gasteiger partial charge in [-0.05, 0) is 43.4 Å². The Morgan fingerprint density at radius 3 is 2.64 bits per heavy atom. The third-order valence-electron chi connectivity index (χ3n) is 4.99. The molecule has 1 N–H and O–H groups in total. The number of piperidine rings is 1. The van der Waals surface area contributed by atoms with Crippen LogP contribution in [0.25, 0.3) is 0 Å². The quantitative estimate of drug-likeness (QED) is 0.616. The smallest absolute Gasteiger partial charge is 0.225 e. The molecular weight excluding hydrogens is 282 g/mol. The van der Waals surface area contributed by atoms with Crippen molar-refractivity contribution in [1.29, 1.82) is 0 Å². The molecule has 1 aromatic rings. The highest BCUT2D eigenvalue weighted by Gasteiger charge is 2.43. The summed E-state index contributed by atoms with van der Waals surface area (Å²) in [6.45, 7) is 3.10. The van der Waals surface area contributed by atoms with E-state index in [1.807, 2.05) is 12.4 Å². The molecule has 1 aliphatic heterocycles. The number of ether oxygens (including phenoxy) is 1. The van der Waals surface area contributed by atoms with Gasteiger partial charge in [0.15, 0.2) is 0 Å². The van der Waals surface area contributed by atoms with Crippen LogP contribution < -0.4 is 4.90 Å². The van der Waals surface area contributed by atoms with Crippen LogP contribution >= 0.6 is 0 Å². The number of anilines is 1. The highest BCUT2D eigenvalue weighted by molar-refractivity contribution is 5.30. The summed E-state index contributed by atoms with van der Waals surface area (Å²) < 4.78 is 5.08. The Balaban J connectivity index is 1.45. The van der Waals surface area contributed by atoms with Gasteiger partial charge in [-0.3, -0.25) is 5.26 Å². The number of rotatable bonds is 7. The van der Waals surface area contributed by atoms with Crippen molar-refractivity contribution in [3.63, 3.8) is 0 Å². The summed E-state index contributed by atoms with van der Waals surface area (Å²) in [6.07, 6.45) is 8.42. The monoisotopic (exact) mass is 307 g/mol. The van der Waals surface area contributed by atoms with E-state index in [1.54, 1.807) is 7.11 Å². The lowest BCUT2D eigenvalue weighted by molar-refractivity contribution is -0.243. The maximum atomic E-state index is 8.43. The van der Waals surface area contributed by atoms with Crippen LogP contribution in [0.4, 0.5) is 5.95 Å². The van der Waals surface area contributed by atoms with Gasteiger partial charge in [-0.2, -0.15) is 0 Å². The summed E-state index contributed by atoms with van der Waals surface area (Å²) >= 11 is 0. The van der Waals surface area contributed by atoms with E-state index < -0.39 is 0 Å². The first-order valence-electron chi connectivity index (χ1n) is 8.13. The summed E-state index contributed by atoms with van der Waals surface area (Å²) in [5.41, 5.74) is 1.01. The molecule has 1 saturated carbocycles. The zero-order valence-electron chi connectivity index (χ0n) is 13.1. The second-order valence-electron chi connectivity index (χ2n) is 6.43. The molecular formula is C16H25N3O3. The van der Waals surface area contributed by atoms with Gasteiger partial charge in [0, 0.05) is 38.2 Å². The fourth-order valence-electron chi connectivity index (χ4n) is 3.66. The molecule has 2 heterocycles. The molecule has 22 heavy (non-hydrogen) atoms. The number of hydrogen-bond acceptors (Lipinski definition) is 6. The van der Waals surface area contributed by atoms with Crippen LogP contribution in [-0.4, -0.2) is 42.0 Å². The van der Waals surface area contributed by atoms with E-state index in [9.17, 15) is 0 Å². The molecule has 2 atom stereocenters. The van der Waals surface area contributed by atoms with E-state index in [4.69, 9.17) is 9.99 Å². The van der Waals surface area contributed by atoms with E-state index in [0.717, 1.165) is 48.8 Å². The van der Waals surface area contributed by atoms with Gasteiger partial charge >= 0.3 is 0 Å². The summed E-state index contributed by atoms with van der Waals surface area (Å²) in [5, 5.41) is 8.43. The van der Waals surface area contributed by atoms with Crippen molar-refractivity contribution in [1.82, 2.24) is 9.97 Å². The van der Waals surface area contributed by atoms with Crippen LogP contribution in [0.2, 0.25) is 0 Å². The molecule has 1 aromatic heterocycles. The molecule has 122 valence electrons. The zero-order valence-corrected chi connectivity index (χ0v) is 13.1. The van der Waals surface area contributed by atoms with Crippen LogP contribution in [0.3, 0.4) is 0 Å². The second kappa shape index (κ2) is 7.35. The number of methoxy groups -OCH3 is 1. The number of nitrogens with zero attached hydrogens (tertiary/aromatic N) is 3. The van der Waals surface area contributed by atoms with Gasteiger partial charge in [-0.25, -0.2) is 14.9 Å². The first-order valence-corrected chi connectivity index (χ1v) is 8.13. The average Bonchev–Trinajstić information content (AvgIpc) is 3.34. The molecule has 0 aromatic carbocycles. The van der Waals surface area contributed by atoms with Crippen LogP contribution in [0.5, 0.6) is 0 Å². The minimum atomic E-state index is 0.474. The maximum absolute atomic E-state index is 8.43. The molecule has 0 unspecified atom stereocenters. The van der Waals surface area contributed by atoms with Crippen LogP contribution in [0, 0.1) is 17.8 Å². The SMILES string of the molecule is COCc1cnc(N2CCC([C@H]3C[C@H]3CCOO)CC2)nc1. The normalized spacial score (nSPS) is 25.5. The van der Waals surface area contributed by atoms with Gasteiger partial charge in [0.25, 0.3) is 0 Å². The van der Waals surface area contributed by atoms with Gasteiger partial charge in [-0.15, -0.1) is 0 Å². The Kier molecular flexibility index (Phi) is 5.23. The lowest BCUT2D eigenvalue weighted by Crippen LogP contribution is -2.35. The Labute approximate surface area is 131 Å². The predicted octanol–water partition coefficient (Wildman–Crippen LogP) is 2.36. The summed E-state index contributed by atoms with van der Waals surface area (Å²) in [7, 11) is 1.68.